The maximum atomic E-state index is 11.6. The van der Waals surface area contributed by atoms with E-state index in [0.717, 1.165) is 16.7 Å². The fourth-order valence-corrected chi connectivity index (χ4v) is 1.81. The van der Waals surface area contributed by atoms with E-state index in [1.54, 1.807) is 6.92 Å². The highest BCUT2D eigenvalue weighted by atomic mass is 35.5. The first kappa shape index (κ1) is 12.1. The van der Waals surface area contributed by atoms with Gasteiger partial charge in [-0.05, 0) is 37.5 Å². The molecule has 3 heteroatoms. The quantitative estimate of drug-likeness (QED) is 0.584. The van der Waals surface area contributed by atoms with E-state index < -0.39 is 0 Å². The molecule has 0 heterocycles. The number of halogens is 1. The van der Waals surface area contributed by atoms with Gasteiger partial charge in [-0.2, -0.15) is 0 Å². The Balaban J connectivity index is 3.13. The van der Waals surface area contributed by atoms with E-state index in [1.165, 1.54) is 0 Å². The van der Waals surface area contributed by atoms with Gasteiger partial charge < -0.3 is 4.74 Å². The van der Waals surface area contributed by atoms with Gasteiger partial charge in [-0.15, -0.1) is 11.6 Å². The van der Waals surface area contributed by atoms with E-state index >= 15 is 0 Å². The van der Waals surface area contributed by atoms with Crippen molar-refractivity contribution in [3.8, 4) is 0 Å². The third-order valence-corrected chi connectivity index (χ3v) is 2.53. The van der Waals surface area contributed by atoms with Crippen LogP contribution in [-0.4, -0.2) is 12.6 Å². The Morgan fingerprint density at radius 3 is 2.27 bits per heavy atom. The van der Waals surface area contributed by atoms with Crippen molar-refractivity contribution in [1.82, 2.24) is 0 Å². The van der Waals surface area contributed by atoms with Crippen LogP contribution >= 0.6 is 11.6 Å². The van der Waals surface area contributed by atoms with Gasteiger partial charge in [0.2, 0.25) is 0 Å². The van der Waals surface area contributed by atoms with Crippen LogP contribution < -0.4 is 0 Å². The van der Waals surface area contributed by atoms with Gasteiger partial charge in [-0.1, -0.05) is 12.1 Å². The predicted octanol–water partition coefficient (Wildman–Crippen LogP) is 3.22. The Kier molecular flexibility index (Phi) is 4.15. The molecule has 2 nitrogen and oxygen atoms in total. The Morgan fingerprint density at radius 1 is 1.33 bits per heavy atom. The maximum Gasteiger partial charge on any atom is 0.338 e. The molecule has 0 unspecified atom stereocenters. The molecule has 0 amide bonds. The molecule has 0 atom stereocenters. The molecule has 15 heavy (non-hydrogen) atoms. The zero-order valence-electron chi connectivity index (χ0n) is 9.26. The van der Waals surface area contributed by atoms with E-state index in [2.05, 4.69) is 0 Å². The third-order valence-electron chi connectivity index (χ3n) is 2.23. The molecular weight excluding hydrogens is 212 g/mol. The first-order chi connectivity index (χ1) is 7.10. The molecule has 0 saturated carbocycles. The highest BCUT2D eigenvalue weighted by molar-refractivity contribution is 6.17. The number of ether oxygens (including phenoxy) is 1. The largest absolute Gasteiger partial charge is 0.462 e. The third kappa shape index (κ3) is 2.72. The van der Waals surface area contributed by atoms with Gasteiger partial charge in [0.1, 0.15) is 0 Å². The van der Waals surface area contributed by atoms with Gasteiger partial charge in [-0.3, -0.25) is 0 Å². The second-order valence-electron chi connectivity index (χ2n) is 3.46. The van der Waals surface area contributed by atoms with Crippen molar-refractivity contribution in [2.75, 3.05) is 6.61 Å². The van der Waals surface area contributed by atoms with E-state index in [0.29, 0.717) is 18.1 Å². The SMILES string of the molecule is CCOC(=O)c1c(C)cc(CCl)cc1C. The molecule has 0 N–H and O–H groups in total. The standard InChI is InChI=1S/C12H15ClO2/c1-4-15-12(14)11-8(2)5-10(7-13)6-9(11)3/h5-6H,4,7H2,1-3H3. The van der Waals surface area contributed by atoms with Gasteiger partial charge in [0.05, 0.1) is 12.2 Å². The molecular formula is C12H15ClO2. The van der Waals surface area contributed by atoms with Crippen molar-refractivity contribution >= 4 is 17.6 Å². The average molecular weight is 227 g/mol. The topological polar surface area (TPSA) is 26.3 Å². The van der Waals surface area contributed by atoms with Crippen LogP contribution in [0.15, 0.2) is 12.1 Å². The Labute approximate surface area is 95.2 Å². The Hall–Kier alpha value is -1.02. The number of esters is 1. The van der Waals surface area contributed by atoms with Crippen LogP contribution in [0.25, 0.3) is 0 Å². The van der Waals surface area contributed by atoms with Crippen molar-refractivity contribution in [2.24, 2.45) is 0 Å². The number of hydrogen-bond acceptors (Lipinski definition) is 2. The molecule has 0 aliphatic heterocycles. The summed E-state index contributed by atoms with van der Waals surface area (Å²) in [7, 11) is 0. The lowest BCUT2D eigenvalue weighted by Crippen LogP contribution is -2.09. The highest BCUT2D eigenvalue weighted by Gasteiger charge is 2.13. The number of carbonyl (C=O) groups is 1. The number of rotatable bonds is 3. The second-order valence-corrected chi connectivity index (χ2v) is 3.73. The van der Waals surface area contributed by atoms with Crippen molar-refractivity contribution in [2.45, 2.75) is 26.7 Å². The van der Waals surface area contributed by atoms with E-state index in [9.17, 15) is 4.79 Å². The number of alkyl halides is 1. The van der Waals surface area contributed by atoms with E-state index in [4.69, 9.17) is 16.3 Å². The summed E-state index contributed by atoms with van der Waals surface area (Å²) in [5.41, 5.74) is 3.53. The molecule has 0 radical (unpaired) electrons. The normalized spacial score (nSPS) is 10.1. The van der Waals surface area contributed by atoms with Crippen molar-refractivity contribution in [3.63, 3.8) is 0 Å². The first-order valence-corrected chi connectivity index (χ1v) is 5.46. The zero-order valence-corrected chi connectivity index (χ0v) is 10.0. The lowest BCUT2D eigenvalue weighted by atomic mass is 10.00. The van der Waals surface area contributed by atoms with Crippen molar-refractivity contribution in [3.05, 3.63) is 34.4 Å². The average Bonchev–Trinajstić information content (AvgIpc) is 2.16. The van der Waals surface area contributed by atoms with Crippen LogP contribution in [0.1, 0.15) is 34.0 Å². The van der Waals surface area contributed by atoms with Crippen LogP contribution in [0, 0.1) is 13.8 Å². The summed E-state index contributed by atoms with van der Waals surface area (Å²) >= 11 is 5.75. The fourth-order valence-electron chi connectivity index (χ4n) is 1.66. The van der Waals surface area contributed by atoms with Gasteiger partial charge in [-0.25, -0.2) is 4.79 Å². The molecule has 0 saturated heterocycles. The zero-order chi connectivity index (χ0) is 11.4. The summed E-state index contributed by atoms with van der Waals surface area (Å²) in [6.07, 6.45) is 0. The van der Waals surface area contributed by atoms with Crippen LogP contribution in [-0.2, 0) is 10.6 Å². The molecule has 1 aromatic rings. The summed E-state index contributed by atoms with van der Waals surface area (Å²) in [6.45, 7) is 6.00. The van der Waals surface area contributed by atoms with E-state index in [-0.39, 0.29) is 5.97 Å². The Morgan fingerprint density at radius 2 is 1.87 bits per heavy atom. The first-order valence-electron chi connectivity index (χ1n) is 4.93. The molecule has 1 rings (SSSR count). The summed E-state index contributed by atoms with van der Waals surface area (Å²) in [5.74, 6) is 0.207. The predicted molar refractivity (Wildman–Crippen MR) is 61.4 cm³/mol. The summed E-state index contributed by atoms with van der Waals surface area (Å²) in [5, 5.41) is 0. The summed E-state index contributed by atoms with van der Waals surface area (Å²) < 4.78 is 4.99. The minimum absolute atomic E-state index is 0.256. The van der Waals surface area contributed by atoms with Gasteiger partial charge in [0.15, 0.2) is 0 Å². The molecule has 0 fully saturated rings. The number of benzene rings is 1. The van der Waals surface area contributed by atoms with Crippen LogP contribution in [0.5, 0.6) is 0 Å². The molecule has 1 aromatic carbocycles. The molecule has 0 spiro atoms. The number of hydrogen-bond donors (Lipinski definition) is 0. The lowest BCUT2D eigenvalue weighted by Gasteiger charge is -2.10. The molecule has 82 valence electrons. The van der Waals surface area contributed by atoms with Crippen molar-refractivity contribution in [1.29, 1.82) is 0 Å². The Bertz CT molecular complexity index is 349. The molecule has 0 bridgehead atoms. The van der Waals surface area contributed by atoms with Crippen LogP contribution in [0.3, 0.4) is 0 Å². The van der Waals surface area contributed by atoms with Crippen molar-refractivity contribution < 1.29 is 9.53 Å². The minimum atomic E-state index is -0.256. The summed E-state index contributed by atoms with van der Waals surface area (Å²) in [4.78, 5) is 11.6. The monoisotopic (exact) mass is 226 g/mol. The summed E-state index contributed by atoms with van der Waals surface area (Å²) in [6, 6.07) is 3.85. The van der Waals surface area contributed by atoms with Gasteiger partial charge in [0, 0.05) is 5.88 Å². The van der Waals surface area contributed by atoms with Crippen LogP contribution in [0.2, 0.25) is 0 Å². The molecule has 0 aliphatic rings. The molecule has 0 aliphatic carbocycles. The smallest absolute Gasteiger partial charge is 0.338 e. The maximum absolute atomic E-state index is 11.6. The highest BCUT2D eigenvalue weighted by Crippen LogP contribution is 2.18. The number of carbonyl (C=O) groups excluding carboxylic acids is 1. The molecule has 0 aromatic heterocycles. The van der Waals surface area contributed by atoms with Gasteiger partial charge in [0.25, 0.3) is 0 Å². The fraction of sp³-hybridized carbons (Fsp3) is 0.417. The van der Waals surface area contributed by atoms with Crippen LogP contribution in [0.4, 0.5) is 0 Å². The minimum Gasteiger partial charge on any atom is -0.462 e. The lowest BCUT2D eigenvalue weighted by molar-refractivity contribution is 0.0524. The second kappa shape index (κ2) is 5.17. The number of aryl methyl sites for hydroxylation is 2. The van der Waals surface area contributed by atoms with E-state index in [1.807, 2.05) is 26.0 Å². The van der Waals surface area contributed by atoms with Gasteiger partial charge >= 0.3 is 5.97 Å².